The fraction of sp³-hybridized carbons (Fsp3) is 0.389. The lowest BCUT2D eigenvalue weighted by atomic mass is 10.1. The van der Waals surface area contributed by atoms with Crippen LogP contribution in [0.5, 0.6) is 5.75 Å². The van der Waals surface area contributed by atoms with Crippen molar-refractivity contribution in [3.8, 4) is 5.75 Å². The van der Waals surface area contributed by atoms with Gasteiger partial charge in [-0.2, -0.15) is 13.2 Å². The summed E-state index contributed by atoms with van der Waals surface area (Å²) in [7, 11) is 1.42. The summed E-state index contributed by atoms with van der Waals surface area (Å²) in [5.74, 6) is -0.739. The summed E-state index contributed by atoms with van der Waals surface area (Å²) < 4.78 is 48.3. The molecule has 1 fully saturated rings. The van der Waals surface area contributed by atoms with Gasteiger partial charge in [-0.1, -0.05) is 0 Å². The molecule has 1 aliphatic rings. The van der Waals surface area contributed by atoms with Crippen LogP contribution in [0.25, 0.3) is 11.0 Å². The Kier molecular flexibility index (Phi) is 4.79. The first kappa shape index (κ1) is 19.4. The average molecular weight is 408 g/mol. The van der Waals surface area contributed by atoms with Gasteiger partial charge in [-0.25, -0.2) is 9.97 Å². The van der Waals surface area contributed by atoms with E-state index < -0.39 is 17.7 Å². The van der Waals surface area contributed by atoms with Crippen LogP contribution in [0.2, 0.25) is 0 Å². The summed E-state index contributed by atoms with van der Waals surface area (Å²) >= 11 is 0. The molecule has 0 radical (unpaired) electrons. The summed E-state index contributed by atoms with van der Waals surface area (Å²) in [6, 6.07) is 4.41. The molecule has 11 heteroatoms. The van der Waals surface area contributed by atoms with Crippen molar-refractivity contribution in [2.75, 3.05) is 33.3 Å². The predicted molar refractivity (Wildman–Crippen MR) is 97.5 cm³/mol. The zero-order valence-electron chi connectivity index (χ0n) is 15.5. The predicted octanol–water partition coefficient (Wildman–Crippen LogP) is 1.59. The Morgan fingerprint density at radius 1 is 1.24 bits per heavy atom. The second-order valence-corrected chi connectivity index (χ2v) is 6.64. The molecule has 0 aliphatic carbocycles. The molecule has 154 valence electrons. The van der Waals surface area contributed by atoms with Gasteiger partial charge < -0.3 is 15.0 Å². The number of nitrogens with zero attached hydrogens (tertiary/aromatic N) is 4. The number of aromatic amines is 1. The minimum atomic E-state index is -4.79. The summed E-state index contributed by atoms with van der Waals surface area (Å²) in [5, 5.41) is 3.15. The summed E-state index contributed by atoms with van der Waals surface area (Å²) in [6.07, 6.45) is -1.42. The number of halogens is 3. The van der Waals surface area contributed by atoms with Crippen LogP contribution in [0.4, 0.5) is 13.2 Å². The molecule has 8 nitrogen and oxygen atoms in total. The molecule has 1 atom stereocenters. The maximum atomic E-state index is 14.1. The third-order valence-electron chi connectivity index (χ3n) is 5.07. The highest BCUT2D eigenvalue weighted by molar-refractivity contribution is 5.81. The van der Waals surface area contributed by atoms with Gasteiger partial charge in [0.15, 0.2) is 12.1 Å². The molecule has 29 heavy (non-hydrogen) atoms. The number of ether oxygens (including phenoxy) is 1. The third-order valence-corrected chi connectivity index (χ3v) is 5.07. The van der Waals surface area contributed by atoms with Crippen LogP contribution in [0, 0.1) is 0 Å². The van der Waals surface area contributed by atoms with Gasteiger partial charge in [0.25, 0.3) is 0 Å². The molecule has 2 aromatic heterocycles. The van der Waals surface area contributed by atoms with E-state index in [0.717, 1.165) is 4.57 Å². The van der Waals surface area contributed by atoms with Gasteiger partial charge in [0.1, 0.15) is 5.75 Å². The molecule has 1 aromatic carbocycles. The Hall–Kier alpha value is -2.92. The Bertz CT molecular complexity index is 1010. The molecule has 2 N–H and O–H groups in total. The highest BCUT2D eigenvalue weighted by Crippen LogP contribution is 2.39. The minimum absolute atomic E-state index is 0.0852. The van der Waals surface area contributed by atoms with Crippen molar-refractivity contribution in [1.29, 1.82) is 0 Å². The van der Waals surface area contributed by atoms with Crippen molar-refractivity contribution in [2.45, 2.75) is 11.8 Å². The number of hydrogen-bond donors (Lipinski definition) is 2. The van der Waals surface area contributed by atoms with Gasteiger partial charge in [-0.15, -0.1) is 0 Å². The zero-order chi connectivity index (χ0) is 20.6. The summed E-state index contributed by atoms with van der Waals surface area (Å²) in [6.45, 7) is 1.74. The highest BCUT2D eigenvalue weighted by Gasteiger charge is 2.50. The fourth-order valence-corrected chi connectivity index (χ4v) is 3.77. The number of alkyl halides is 3. The van der Waals surface area contributed by atoms with E-state index in [-0.39, 0.29) is 16.9 Å². The number of hydrogen-bond acceptors (Lipinski definition) is 6. The number of methoxy groups -OCH3 is 1. The number of nitrogens with one attached hydrogen (secondary N) is 2. The Morgan fingerprint density at radius 2 is 2.00 bits per heavy atom. The summed E-state index contributed by atoms with van der Waals surface area (Å²) in [4.78, 5) is 25.1. The van der Waals surface area contributed by atoms with E-state index in [9.17, 15) is 18.0 Å². The van der Waals surface area contributed by atoms with E-state index in [1.807, 2.05) is 0 Å². The van der Waals surface area contributed by atoms with Crippen molar-refractivity contribution in [2.24, 2.45) is 0 Å². The molecular formula is C18H19F3N6O2. The van der Waals surface area contributed by atoms with E-state index in [0.29, 0.717) is 38.2 Å². The molecule has 4 rings (SSSR count). The molecule has 0 amide bonds. The molecule has 1 unspecified atom stereocenters. The van der Waals surface area contributed by atoms with Crippen molar-refractivity contribution >= 4 is 17.3 Å². The summed E-state index contributed by atoms with van der Waals surface area (Å²) in [5.41, 5.74) is -1.62. The molecule has 1 saturated heterocycles. The topological polar surface area (TPSA) is 88.1 Å². The largest absolute Gasteiger partial charge is 0.497 e. The number of rotatable bonds is 5. The van der Waals surface area contributed by atoms with E-state index >= 15 is 0 Å². The van der Waals surface area contributed by atoms with Crippen LogP contribution < -0.4 is 10.1 Å². The monoisotopic (exact) mass is 408 g/mol. The van der Waals surface area contributed by atoms with Crippen molar-refractivity contribution in [3.05, 3.63) is 42.2 Å². The van der Waals surface area contributed by atoms with E-state index in [1.165, 1.54) is 37.7 Å². The third kappa shape index (κ3) is 3.06. The van der Waals surface area contributed by atoms with E-state index in [4.69, 9.17) is 4.74 Å². The number of carbonyl (C=O) groups is 1. The van der Waals surface area contributed by atoms with Crippen LogP contribution >= 0.6 is 0 Å². The first-order valence-electron chi connectivity index (χ1n) is 8.98. The Labute approximate surface area is 163 Å². The average Bonchev–Trinajstić information content (AvgIpc) is 3.38. The number of aromatic nitrogens is 4. The van der Waals surface area contributed by atoms with Gasteiger partial charge in [0.2, 0.25) is 11.5 Å². The quantitative estimate of drug-likeness (QED) is 0.624. The van der Waals surface area contributed by atoms with Crippen LogP contribution in [-0.4, -0.2) is 64.0 Å². The molecule has 0 spiro atoms. The number of piperazine rings is 1. The molecule has 3 heterocycles. The van der Waals surface area contributed by atoms with Crippen LogP contribution in [0.1, 0.15) is 11.6 Å². The lowest BCUT2D eigenvalue weighted by Gasteiger charge is -2.42. The number of aldehydes is 1. The van der Waals surface area contributed by atoms with Crippen molar-refractivity contribution < 1.29 is 22.7 Å². The number of imidazole rings is 2. The zero-order valence-corrected chi connectivity index (χ0v) is 15.5. The molecule has 1 aliphatic heterocycles. The lowest BCUT2D eigenvalue weighted by Crippen LogP contribution is -2.60. The number of fused-ring (bicyclic) bond motifs is 1. The number of benzene rings is 1. The maximum Gasteiger partial charge on any atom is 0.449 e. The van der Waals surface area contributed by atoms with Crippen LogP contribution in [0.3, 0.4) is 0 Å². The number of H-pyrrole nitrogens is 1. The Morgan fingerprint density at radius 3 is 2.59 bits per heavy atom. The first-order chi connectivity index (χ1) is 13.9. The normalized spacial score (nSPS) is 17.9. The fourth-order valence-electron chi connectivity index (χ4n) is 3.77. The van der Waals surface area contributed by atoms with Gasteiger partial charge in [0.05, 0.1) is 18.1 Å². The second-order valence-electron chi connectivity index (χ2n) is 6.64. The SMILES string of the molecule is COc1ccc2nc(C(F)(F)F)n(C(C=O)(c3ncc[nH]3)N3CCNCC3)c2c1. The molecule has 3 aromatic rings. The maximum absolute atomic E-state index is 14.1. The van der Waals surface area contributed by atoms with Crippen molar-refractivity contribution in [1.82, 2.24) is 29.7 Å². The smallest absolute Gasteiger partial charge is 0.449 e. The lowest BCUT2D eigenvalue weighted by molar-refractivity contribution is -0.152. The minimum Gasteiger partial charge on any atom is -0.497 e. The molecule has 0 saturated carbocycles. The van der Waals surface area contributed by atoms with Crippen LogP contribution in [-0.2, 0) is 16.6 Å². The van der Waals surface area contributed by atoms with Gasteiger partial charge in [-0.3, -0.25) is 14.3 Å². The van der Waals surface area contributed by atoms with Gasteiger partial charge in [0, 0.05) is 44.6 Å². The highest BCUT2D eigenvalue weighted by atomic mass is 19.4. The number of carbonyl (C=O) groups excluding carboxylic acids is 1. The molecular weight excluding hydrogens is 389 g/mol. The molecule has 0 bridgehead atoms. The van der Waals surface area contributed by atoms with E-state index in [1.54, 1.807) is 4.90 Å². The Balaban J connectivity index is 2.10. The van der Waals surface area contributed by atoms with Gasteiger partial charge >= 0.3 is 6.18 Å². The second kappa shape index (κ2) is 7.16. The van der Waals surface area contributed by atoms with Crippen LogP contribution in [0.15, 0.2) is 30.6 Å². The van der Waals surface area contributed by atoms with E-state index in [2.05, 4.69) is 20.3 Å². The van der Waals surface area contributed by atoms with Crippen molar-refractivity contribution in [3.63, 3.8) is 0 Å². The van der Waals surface area contributed by atoms with Gasteiger partial charge in [-0.05, 0) is 12.1 Å². The first-order valence-corrected chi connectivity index (χ1v) is 8.98. The standard InChI is InChI=1S/C18H19F3N6O2/c1-29-12-2-3-13-14(10-12)27(16(25-13)18(19,20)21)17(11-28,15-23-4-5-24-15)26-8-6-22-7-9-26/h2-5,10-11,22H,6-9H2,1H3,(H,23,24).